The molecule has 0 radical (unpaired) electrons. The second-order valence-electron chi connectivity index (χ2n) is 4.93. The number of rotatable bonds is 4. The molecule has 2 heterocycles. The molecule has 108 valence electrons. The number of aryl methyl sites for hydroxylation is 2. The molecule has 0 aliphatic rings. The number of aromatic nitrogens is 4. The van der Waals surface area contributed by atoms with E-state index in [9.17, 15) is 0 Å². The summed E-state index contributed by atoms with van der Waals surface area (Å²) in [7, 11) is 1.88. The third kappa shape index (κ3) is 2.65. The average molecular weight is 282 g/mol. The van der Waals surface area contributed by atoms with Crippen molar-refractivity contribution in [1.29, 1.82) is 0 Å². The molecule has 2 aromatic heterocycles. The summed E-state index contributed by atoms with van der Waals surface area (Å²) in [6.07, 6.45) is 1.78. The predicted octanol–water partition coefficient (Wildman–Crippen LogP) is 2.85. The van der Waals surface area contributed by atoms with E-state index in [2.05, 4.69) is 44.8 Å². The van der Waals surface area contributed by atoms with Gasteiger partial charge in [0.05, 0.1) is 11.6 Å². The van der Waals surface area contributed by atoms with Crippen LogP contribution < -0.4 is 10.6 Å². The number of fused-ring (bicyclic) bond motifs is 1. The lowest BCUT2D eigenvalue weighted by molar-refractivity contribution is 0.785. The number of anilines is 3. The fourth-order valence-electron chi connectivity index (χ4n) is 2.21. The van der Waals surface area contributed by atoms with Crippen LogP contribution in [0.25, 0.3) is 11.0 Å². The standard InChI is InChI=1S/C15H18N6/c1-4-16-15-19-13(12-9-17-21(3)14(12)20-15)18-11-7-5-6-10(2)8-11/h5-9H,4H2,1-3H3,(H2,16,18,19,20). The first-order chi connectivity index (χ1) is 10.2. The van der Waals surface area contributed by atoms with Gasteiger partial charge < -0.3 is 10.6 Å². The molecule has 0 spiro atoms. The SMILES string of the molecule is CCNc1nc(Nc2cccc(C)c2)c2cnn(C)c2n1. The van der Waals surface area contributed by atoms with E-state index in [0.29, 0.717) is 5.95 Å². The number of hydrogen-bond donors (Lipinski definition) is 2. The average Bonchev–Trinajstić information content (AvgIpc) is 2.81. The largest absolute Gasteiger partial charge is 0.354 e. The second kappa shape index (κ2) is 5.40. The Bertz CT molecular complexity index is 777. The smallest absolute Gasteiger partial charge is 0.226 e. The highest BCUT2D eigenvalue weighted by Gasteiger charge is 2.11. The molecule has 0 aliphatic carbocycles. The van der Waals surface area contributed by atoms with E-state index in [1.54, 1.807) is 10.9 Å². The van der Waals surface area contributed by atoms with Gasteiger partial charge in [0.15, 0.2) is 5.65 Å². The Labute approximate surface area is 123 Å². The van der Waals surface area contributed by atoms with Crippen molar-refractivity contribution in [2.45, 2.75) is 13.8 Å². The minimum absolute atomic E-state index is 0.601. The Morgan fingerprint density at radius 1 is 1.24 bits per heavy atom. The number of nitrogens with one attached hydrogen (secondary N) is 2. The van der Waals surface area contributed by atoms with Gasteiger partial charge in [-0.3, -0.25) is 4.68 Å². The summed E-state index contributed by atoms with van der Waals surface area (Å²) >= 11 is 0. The Morgan fingerprint density at radius 2 is 2.10 bits per heavy atom. The first-order valence-electron chi connectivity index (χ1n) is 6.94. The summed E-state index contributed by atoms with van der Waals surface area (Å²) in [4.78, 5) is 9.02. The maximum atomic E-state index is 4.54. The molecule has 3 aromatic rings. The zero-order valence-corrected chi connectivity index (χ0v) is 12.4. The van der Waals surface area contributed by atoms with Gasteiger partial charge in [-0.25, -0.2) is 0 Å². The molecule has 6 nitrogen and oxygen atoms in total. The van der Waals surface area contributed by atoms with Gasteiger partial charge in [-0.1, -0.05) is 12.1 Å². The van der Waals surface area contributed by atoms with Crippen molar-refractivity contribution < 1.29 is 0 Å². The van der Waals surface area contributed by atoms with Gasteiger partial charge in [0.25, 0.3) is 0 Å². The van der Waals surface area contributed by atoms with Gasteiger partial charge in [-0.15, -0.1) is 0 Å². The van der Waals surface area contributed by atoms with Crippen LogP contribution >= 0.6 is 0 Å². The highest BCUT2D eigenvalue weighted by Crippen LogP contribution is 2.25. The Hall–Kier alpha value is -2.63. The summed E-state index contributed by atoms with van der Waals surface area (Å²) in [5, 5.41) is 11.7. The molecule has 2 N–H and O–H groups in total. The minimum Gasteiger partial charge on any atom is -0.354 e. The Kier molecular flexibility index (Phi) is 3.43. The van der Waals surface area contributed by atoms with Crippen LogP contribution in [0.3, 0.4) is 0 Å². The van der Waals surface area contributed by atoms with Crippen molar-refractivity contribution in [3.05, 3.63) is 36.0 Å². The van der Waals surface area contributed by atoms with E-state index < -0.39 is 0 Å². The van der Waals surface area contributed by atoms with Crippen LogP contribution in [0.5, 0.6) is 0 Å². The van der Waals surface area contributed by atoms with Gasteiger partial charge >= 0.3 is 0 Å². The minimum atomic E-state index is 0.601. The summed E-state index contributed by atoms with van der Waals surface area (Å²) in [5.41, 5.74) is 3.00. The van der Waals surface area contributed by atoms with Gasteiger partial charge in [0, 0.05) is 19.3 Å². The number of nitrogens with zero attached hydrogens (tertiary/aromatic N) is 4. The molecule has 0 unspecified atom stereocenters. The van der Waals surface area contributed by atoms with Crippen LogP contribution in [-0.4, -0.2) is 26.3 Å². The molecular formula is C15H18N6. The van der Waals surface area contributed by atoms with Crippen LogP contribution in [0.2, 0.25) is 0 Å². The summed E-state index contributed by atoms with van der Waals surface area (Å²) < 4.78 is 1.75. The highest BCUT2D eigenvalue weighted by atomic mass is 15.3. The molecule has 6 heteroatoms. The highest BCUT2D eigenvalue weighted by molar-refractivity contribution is 5.89. The van der Waals surface area contributed by atoms with Gasteiger partial charge in [0.1, 0.15) is 5.82 Å². The fraction of sp³-hybridized carbons (Fsp3) is 0.267. The van der Waals surface area contributed by atoms with Crippen LogP contribution in [0.15, 0.2) is 30.5 Å². The third-order valence-electron chi connectivity index (χ3n) is 3.21. The quantitative estimate of drug-likeness (QED) is 0.770. The van der Waals surface area contributed by atoms with Gasteiger partial charge in [-0.05, 0) is 31.5 Å². The van der Waals surface area contributed by atoms with Gasteiger partial charge in [0.2, 0.25) is 5.95 Å². The molecule has 0 saturated heterocycles. The topological polar surface area (TPSA) is 67.7 Å². The maximum absolute atomic E-state index is 4.54. The molecule has 0 atom stereocenters. The first-order valence-corrected chi connectivity index (χ1v) is 6.94. The predicted molar refractivity (Wildman–Crippen MR) is 84.9 cm³/mol. The second-order valence-corrected chi connectivity index (χ2v) is 4.93. The molecule has 21 heavy (non-hydrogen) atoms. The zero-order chi connectivity index (χ0) is 14.8. The lowest BCUT2D eigenvalue weighted by Gasteiger charge is -2.10. The van der Waals surface area contributed by atoms with Crippen LogP contribution in [-0.2, 0) is 7.05 Å². The fourth-order valence-corrected chi connectivity index (χ4v) is 2.21. The van der Waals surface area contributed by atoms with Crippen molar-refractivity contribution in [2.24, 2.45) is 7.05 Å². The Morgan fingerprint density at radius 3 is 2.86 bits per heavy atom. The van der Waals surface area contributed by atoms with Crippen LogP contribution in [0, 0.1) is 6.92 Å². The van der Waals surface area contributed by atoms with Gasteiger partial charge in [-0.2, -0.15) is 15.1 Å². The molecule has 0 fully saturated rings. The summed E-state index contributed by atoms with van der Waals surface area (Å²) in [6, 6.07) is 8.18. The van der Waals surface area contributed by atoms with E-state index in [4.69, 9.17) is 0 Å². The summed E-state index contributed by atoms with van der Waals surface area (Å²) in [5.74, 6) is 1.36. The normalized spacial score (nSPS) is 10.8. The maximum Gasteiger partial charge on any atom is 0.226 e. The zero-order valence-electron chi connectivity index (χ0n) is 12.4. The molecule has 0 saturated carbocycles. The number of hydrogen-bond acceptors (Lipinski definition) is 5. The van der Waals surface area contributed by atoms with Crippen LogP contribution in [0.1, 0.15) is 12.5 Å². The molecular weight excluding hydrogens is 264 g/mol. The monoisotopic (exact) mass is 282 g/mol. The van der Waals surface area contributed by atoms with E-state index in [1.807, 2.05) is 26.1 Å². The molecule has 1 aromatic carbocycles. The van der Waals surface area contributed by atoms with E-state index in [1.165, 1.54) is 5.56 Å². The third-order valence-corrected chi connectivity index (χ3v) is 3.21. The van der Waals surface area contributed by atoms with Crippen molar-refractivity contribution in [2.75, 3.05) is 17.2 Å². The van der Waals surface area contributed by atoms with Crippen LogP contribution in [0.4, 0.5) is 17.5 Å². The lowest BCUT2D eigenvalue weighted by Crippen LogP contribution is -2.06. The Balaban J connectivity index is 2.07. The summed E-state index contributed by atoms with van der Waals surface area (Å²) in [6.45, 7) is 4.85. The van der Waals surface area contributed by atoms with Crippen molar-refractivity contribution in [3.63, 3.8) is 0 Å². The molecule has 0 aliphatic heterocycles. The van der Waals surface area contributed by atoms with Crippen molar-refractivity contribution in [3.8, 4) is 0 Å². The van der Waals surface area contributed by atoms with E-state index in [-0.39, 0.29) is 0 Å². The number of benzene rings is 1. The van der Waals surface area contributed by atoms with E-state index >= 15 is 0 Å². The molecule has 0 amide bonds. The van der Waals surface area contributed by atoms with Crippen molar-refractivity contribution >= 4 is 28.5 Å². The lowest BCUT2D eigenvalue weighted by atomic mass is 10.2. The molecule has 3 rings (SSSR count). The van der Waals surface area contributed by atoms with Crippen molar-refractivity contribution in [1.82, 2.24) is 19.7 Å². The first kappa shape index (κ1) is 13.4. The molecule has 0 bridgehead atoms. The van der Waals surface area contributed by atoms with E-state index in [0.717, 1.165) is 29.1 Å².